The van der Waals surface area contributed by atoms with Crippen LogP contribution in [-0.2, 0) is 0 Å². The summed E-state index contributed by atoms with van der Waals surface area (Å²) < 4.78 is 1.09. The third kappa shape index (κ3) is 1.92. The number of fused-ring (bicyclic) bond motifs is 1. The van der Waals surface area contributed by atoms with Gasteiger partial charge in [-0.15, -0.1) is 0 Å². The van der Waals surface area contributed by atoms with E-state index in [-0.39, 0.29) is 6.10 Å². The van der Waals surface area contributed by atoms with Crippen LogP contribution in [0.1, 0.15) is 35.1 Å². The fraction of sp³-hybridized carbons (Fsp3) is 0.200. The molecule has 1 N–H and O–H groups in total. The van der Waals surface area contributed by atoms with E-state index in [1.165, 1.54) is 11.1 Å². The van der Waals surface area contributed by atoms with Gasteiger partial charge in [-0.3, -0.25) is 0 Å². The highest BCUT2D eigenvalue weighted by Gasteiger charge is 2.29. The van der Waals surface area contributed by atoms with Gasteiger partial charge in [0.05, 0.1) is 6.10 Å². The summed E-state index contributed by atoms with van der Waals surface area (Å²) in [6.07, 6.45) is 0.473. The van der Waals surface area contributed by atoms with Crippen LogP contribution in [0.5, 0.6) is 0 Å². The molecular formula is C15H13BrO. The van der Waals surface area contributed by atoms with Crippen molar-refractivity contribution >= 4 is 15.9 Å². The molecule has 2 aromatic rings. The van der Waals surface area contributed by atoms with Crippen LogP contribution in [0.3, 0.4) is 0 Å². The monoisotopic (exact) mass is 288 g/mol. The first-order chi connectivity index (χ1) is 8.25. The molecule has 0 saturated heterocycles. The molecular weight excluding hydrogens is 276 g/mol. The van der Waals surface area contributed by atoms with Crippen molar-refractivity contribution in [2.45, 2.75) is 18.4 Å². The summed E-state index contributed by atoms with van der Waals surface area (Å²) in [7, 11) is 0. The van der Waals surface area contributed by atoms with E-state index in [9.17, 15) is 5.11 Å². The Morgan fingerprint density at radius 1 is 0.941 bits per heavy atom. The molecule has 1 aliphatic carbocycles. The maximum Gasteiger partial charge on any atom is 0.0802 e. The van der Waals surface area contributed by atoms with Gasteiger partial charge in [0.25, 0.3) is 0 Å². The molecule has 0 saturated carbocycles. The van der Waals surface area contributed by atoms with Crippen molar-refractivity contribution in [2.24, 2.45) is 0 Å². The molecule has 0 aliphatic heterocycles. The molecule has 3 rings (SSSR count). The van der Waals surface area contributed by atoms with Crippen molar-refractivity contribution < 1.29 is 5.11 Å². The highest BCUT2D eigenvalue weighted by Crippen LogP contribution is 2.43. The van der Waals surface area contributed by atoms with Crippen LogP contribution in [0.2, 0.25) is 0 Å². The van der Waals surface area contributed by atoms with Crippen LogP contribution < -0.4 is 0 Å². The summed E-state index contributed by atoms with van der Waals surface area (Å²) in [4.78, 5) is 0. The van der Waals surface area contributed by atoms with Gasteiger partial charge < -0.3 is 5.11 Å². The van der Waals surface area contributed by atoms with Gasteiger partial charge >= 0.3 is 0 Å². The van der Waals surface area contributed by atoms with Crippen LogP contribution in [0.15, 0.2) is 53.0 Å². The van der Waals surface area contributed by atoms with Gasteiger partial charge in [-0.2, -0.15) is 0 Å². The van der Waals surface area contributed by atoms with Crippen LogP contribution in [0.4, 0.5) is 0 Å². The lowest BCUT2D eigenvalue weighted by Crippen LogP contribution is -1.95. The molecule has 0 unspecified atom stereocenters. The maximum absolute atomic E-state index is 10.1. The largest absolute Gasteiger partial charge is 0.388 e. The summed E-state index contributed by atoms with van der Waals surface area (Å²) >= 11 is 3.45. The minimum absolute atomic E-state index is 0.320. The lowest BCUT2D eigenvalue weighted by molar-refractivity contribution is 0.176. The highest BCUT2D eigenvalue weighted by molar-refractivity contribution is 9.10. The second kappa shape index (κ2) is 4.28. The Bertz CT molecular complexity index is 533. The third-order valence-electron chi connectivity index (χ3n) is 3.46. The minimum atomic E-state index is -0.320. The van der Waals surface area contributed by atoms with Crippen molar-refractivity contribution in [1.82, 2.24) is 0 Å². The van der Waals surface area contributed by atoms with Gasteiger partial charge in [-0.1, -0.05) is 52.3 Å². The Balaban J connectivity index is 2.04. The van der Waals surface area contributed by atoms with E-state index in [2.05, 4.69) is 46.3 Å². The van der Waals surface area contributed by atoms with Crippen molar-refractivity contribution in [3.8, 4) is 0 Å². The molecule has 2 heteroatoms. The number of rotatable bonds is 1. The predicted molar refractivity (Wildman–Crippen MR) is 72.0 cm³/mol. The average molecular weight is 289 g/mol. The van der Waals surface area contributed by atoms with Gasteiger partial charge in [0.15, 0.2) is 0 Å². The van der Waals surface area contributed by atoms with Crippen molar-refractivity contribution in [3.63, 3.8) is 0 Å². The smallest absolute Gasteiger partial charge is 0.0802 e. The standard InChI is InChI=1S/C15H13BrO/c16-11-7-5-10(6-8-11)14-9-15(17)13-4-2-1-3-12(13)14/h1-8,14-15,17H,9H2/t14-,15-/m1/s1. The number of halogens is 1. The topological polar surface area (TPSA) is 20.2 Å². The molecule has 0 amide bonds. The Morgan fingerprint density at radius 3 is 2.29 bits per heavy atom. The molecule has 1 aliphatic rings. The third-order valence-corrected chi connectivity index (χ3v) is 3.99. The van der Waals surface area contributed by atoms with Gasteiger partial charge in [0.2, 0.25) is 0 Å². The van der Waals surface area contributed by atoms with E-state index >= 15 is 0 Å². The minimum Gasteiger partial charge on any atom is -0.388 e. The molecule has 2 aromatic carbocycles. The zero-order valence-electron chi connectivity index (χ0n) is 9.31. The molecule has 2 atom stereocenters. The SMILES string of the molecule is O[C@@H]1C[C@H](c2ccc(Br)cc2)c2ccccc21. The van der Waals surface area contributed by atoms with Crippen LogP contribution >= 0.6 is 15.9 Å². The number of aliphatic hydroxyl groups excluding tert-OH is 1. The second-order valence-electron chi connectivity index (χ2n) is 4.48. The van der Waals surface area contributed by atoms with Crippen molar-refractivity contribution in [1.29, 1.82) is 0 Å². The summed E-state index contributed by atoms with van der Waals surface area (Å²) in [6.45, 7) is 0. The fourth-order valence-electron chi connectivity index (χ4n) is 2.62. The molecule has 0 fully saturated rings. The summed E-state index contributed by atoms with van der Waals surface area (Å²) in [6, 6.07) is 16.6. The van der Waals surface area contributed by atoms with Gasteiger partial charge in [-0.25, -0.2) is 0 Å². The van der Waals surface area contributed by atoms with E-state index < -0.39 is 0 Å². The van der Waals surface area contributed by atoms with Gasteiger partial charge in [0.1, 0.15) is 0 Å². The molecule has 0 bridgehead atoms. The number of benzene rings is 2. The predicted octanol–water partition coefficient (Wildman–Crippen LogP) is 4.02. The summed E-state index contributed by atoms with van der Waals surface area (Å²) in [5, 5.41) is 10.1. The Morgan fingerprint density at radius 2 is 1.59 bits per heavy atom. The highest BCUT2D eigenvalue weighted by atomic mass is 79.9. The molecule has 0 radical (unpaired) electrons. The zero-order chi connectivity index (χ0) is 11.8. The summed E-state index contributed by atoms with van der Waals surface area (Å²) in [5.74, 6) is 0.328. The molecule has 1 nitrogen and oxygen atoms in total. The van der Waals surface area contributed by atoms with E-state index in [0.717, 1.165) is 16.5 Å². The van der Waals surface area contributed by atoms with Crippen molar-refractivity contribution in [3.05, 3.63) is 69.7 Å². The molecule has 0 spiro atoms. The normalized spacial score (nSPS) is 22.5. The second-order valence-corrected chi connectivity index (χ2v) is 5.40. The lowest BCUT2D eigenvalue weighted by atomic mass is 9.93. The van der Waals surface area contributed by atoms with Gasteiger partial charge in [-0.05, 0) is 35.2 Å². The van der Waals surface area contributed by atoms with E-state index in [1.807, 2.05) is 18.2 Å². The number of hydrogen-bond acceptors (Lipinski definition) is 1. The Hall–Kier alpha value is -1.12. The van der Waals surface area contributed by atoms with Crippen molar-refractivity contribution in [2.75, 3.05) is 0 Å². The lowest BCUT2D eigenvalue weighted by Gasteiger charge is -2.11. The van der Waals surface area contributed by atoms with Crippen LogP contribution in [0, 0.1) is 0 Å². The molecule has 86 valence electrons. The Labute approximate surface area is 109 Å². The molecule has 17 heavy (non-hydrogen) atoms. The maximum atomic E-state index is 10.1. The molecule has 0 aromatic heterocycles. The summed E-state index contributed by atoms with van der Waals surface area (Å²) in [5.41, 5.74) is 3.62. The quantitative estimate of drug-likeness (QED) is 0.840. The zero-order valence-corrected chi connectivity index (χ0v) is 10.9. The first-order valence-corrected chi connectivity index (χ1v) is 6.57. The Kier molecular flexibility index (Phi) is 2.77. The fourth-order valence-corrected chi connectivity index (χ4v) is 2.88. The van der Waals surface area contributed by atoms with Crippen LogP contribution in [-0.4, -0.2) is 5.11 Å². The van der Waals surface area contributed by atoms with E-state index in [4.69, 9.17) is 0 Å². The average Bonchev–Trinajstić information content (AvgIpc) is 2.69. The van der Waals surface area contributed by atoms with Gasteiger partial charge in [0, 0.05) is 10.4 Å². The molecule has 0 heterocycles. The first kappa shape index (κ1) is 11.0. The van der Waals surface area contributed by atoms with Crippen LogP contribution in [0.25, 0.3) is 0 Å². The number of aliphatic hydroxyl groups is 1. The number of hydrogen-bond donors (Lipinski definition) is 1. The van der Waals surface area contributed by atoms with E-state index in [1.54, 1.807) is 0 Å². The van der Waals surface area contributed by atoms with E-state index in [0.29, 0.717) is 5.92 Å². The first-order valence-electron chi connectivity index (χ1n) is 5.78.